The molecule has 0 bridgehead atoms. The van der Waals surface area contributed by atoms with Crippen LogP contribution in [0.1, 0.15) is 23.6 Å². The minimum Gasteiger partial charge on any atom is -0.465 e. The fraction of sp³-hybridized carbons (Fsp3) is 0.182. The second kappa shape index (κ2) is 8.23. The van der Waals surface area contributed by atoms with E-state index in [1.54, 1.807) is 19.1 Å². The number of nitrogens with zero attached hydrogens (tertiary/aromatic N) is 1. The zero-order valence-corrected chi connectivity index (χ0v) is 16.0. The number of benzene rings is 2. The van der Waals surface area contributed by atoms with Gasteiger partial charge in [-0.25, -0.2) is 0 Å². The van der Waals surface area contributed by atoms with Crippen molar-refractivity contribution in [1.29, 1.82) is 0 Å². The Morgan fingerprint density at radius 1 is 1.19 bits per heavy atom. The highest BCUT2D eigenvalue weighted by molar-refractivity contribution is 6.31. The highest BCUT2D eigenvalue weighted by Crippen LogP contribution is 2.32. The molecule has 1 aliphatic rings. The van der Waals surface area contributed by atoms with Crippen LogP contribution in [0.3, 0.4) is 0 Å². The summed E-state index contributed by atoms with van der Waals surface area (Å²) >= 11 is 6.26. The van der Waals surface area contributed by atoms with Gasteiger partial charge < -0.3 is 4.74 Å². The third kappa shape index (κ3) is 4.29. The van der Waals surface area contributed by atoms with E-state index < -0.39 is 5.97 Å². The Bertz CT molecular complexity index is 932. The van der Waals surface area contributed by atoms with Gasteiger partial charge >= 0.3 is 5.97 Å². The number of halogens is 1. The molecule has 1 amide bonds. The maximum absolute atomic E-state index is 13.0. The van der Waals surface area contributed by atoms with E-state index in [0.717, 1.165) is 16.7 Å². The average Bonchev–Trinajstić information content (AvgIpc) is 2.95. The van der Waals surface area contributed by atoms with Crippen molar-refractivity contribution in [1.82, 2.24) is 4.90 Å². The number of esters is 1. The summed E-state index contributed by atoms with van der Waals surface area (Å²) in [6.07, 6.45) is 3.60. The largest absolute Gasteiger partial charge is 0.465 e. The Morgan fingerprint density at radius 3 is 2.59 bits per heavy atom. The molecule has 2 aromatic carbocycles. The van der Waals surface area contributed by atoms with E-state index in [9.17, 15) is 9.59 Å². The first-order chi connectivity index (χ1) is 13.0. The molecule has 0 fully saturated rings. The quantitative estimate of drug-likeness (QED) is 0.566. The first-order valence-corrected chi connectivity index (χ1v) is 9.10. The number of rotatable bonds is 5. The third-order valence-corrected chi connectivity index (χ3v) is 4.66. The highest BCUT2D eigenvalue weighted by atomic mass is 35.5. The topological polar surface area (TPSA) is 46.6 Å². The zero-order valence-electron chi connectivity index (χ0n) is 15.2. The van der Waals surface area contributed by atoms with Crippen molar-refractivity contribution in [3.05, 3.63) is 81.9 Å². The Morgan fingerprint density at radius 2 is 1.93 bits per heavy atom. The van der Waals surface area contributed by atoms with Crippen LogP contribution >= 0.6 is 11.6 Å². The Hall–Kier alpha value is -2.85. The number of hydrogen-bond acceptors (Lipinski definition) is 3. The molecule has 0 atom stereocenters. The van der Waals surface area contributed by atoms with E-state index in [0.29, 0.717) is 16.3 Å². The standard InChI is InChI=1S/C22H20ClNO3/c1-3-27-21(25)14-24-20(17-10-9-15(2)19(23)12-17)13-18(22(24)26)11-16-7-5-4-6-8-16/h4-13H,3,14H2,1-2H3/b18-11+. The molecule has 5 heteroatoms. The van der Waals surface area contributed by atoms with E-state index in [1.165, 1.54) is 4.90 Å². The lowest BCUT2D eigenvalue weighted by Crippen LogP contribution is -2.32. The molecule has 0 saturated carbocycles. The fourth-order valence-corrected chi connectivity index (χ4v) is 3.05. The summed E-state index contributed by atoms with van der Waals surface area (Å²) in [5.41, 5.74) is 3.78. The lowest BCUT2D eigenvalue weighted by molar-refractivity contribution is -0.146. The average molecular weight is 382 g/mol. The van der Waals surface area contributed by atoms with Gasteiger partial charge in [-0.1, -0.05) is 54.1 Å². The second-order valence-corrected chi connectivity index (χ2v) is 6.61. The number of amides is 1. The molecule has 0 aromatic heterocycles. The summed E-state index contributed by atoms with van der Waals surface area (Å²) in [7, 11) is 0. The Balaban J connectivity index is 2.01. The van der Waals surface area contributed by atoms with Gasteiger partial charge in [-0.15, -0.1) is 0 Å². The minimum atomic E-state index is -0.448. The molecule has 4 nitrogen and oxygen atoms in total. The van der Waals surface area contributed by atoms with Gasteiger partial charge in [0.1, 0.15) is 6.54 Å². The second-order valence-electron chi connectivity index (χ2n) is 6.20. The highest BCUT2D eigenvalue weighted by Gasteiger charge is 2.31. The van der Waals surface area contributed by atoms with Crippen LogP contribution in [0.25, 0.3) is 11.8 Å². The fourth-order valence-electron chi connectivity index (χ4n) is 2.87. The predicted molar refractivity (Wildman–Crippen MR) is 107 cm³/mol. The summed E-state index contributed by atoms with van der Waals surface area (Å²) < 4.78 is 5.03. The molecule has 3 rings (SSSR count). The molecule has 0 N–H and O–H groups in total. The predicted octanol–water partition coefficient (Wildman–Crippen LogP) is 4.48. The van der Waals surface area contributed by atoms with E-state index in [2.05, 4.69) is 0 Å². The number of carbonyl (C=O) groups excluding carboxylic acids is 2. The molecule has 138 valence electrons. The van der Waals surface area contributed by atoms with Gasteiger partial charge in [0.2, 0.25) is 0 Å². The van der Waals surface area contributed by atoms with Crippen molar-refractivity contribution < 1.29 is 14.3 Å². The van der Waals surface area contributed by atoms with E-state index in [1.807, 2.05) is 55.5 Å². The Labute approximate surface area is 163 Å². The monoisotopic (exact) mass is 381 g/mol. The van der Waals surface area contributed by atoms with Crippen LogP contribution in [0.15, 0.2) is 60.2 Å². The van der Waals surface area contributed by atoms with Crippen LogP contribution in [0.5, 0.6) is 0 Å². The van der Waals surface area contributed by atoms with Crippen LogP contribution in [-0.4, -0.2) is 29.9 Å². The number of carbonyl (C=O) groups is 2. The molecule has 27 heavy (non-hydrogen) atoms. The van der Waals surface area contributed by atoms with Gasteiger partial charge in [0, 0.05) is 10.6 Å². The molecular weight excluding hydrogens is 362 g/mol. The van der Waals surface area contributed by atoms with Gasteiger partial charge in [0.05, 0.1) is 12.3 Å². The van der Waals surface area contributed by atoms with Crippen molar-refractivity contribution in [3.8, 4) is 0 Å². The first kappa shape index (κ1) is 18.9. The summed E-state index contributed by atoms with van der Waals surface area (Å²) in [5.74, 6) is -0.686. The van der Waals surface area contributed by atoms with Crippen LogP contribution in [0, 0.1) is 6.92 Å². The van der Waals surface area contributed by atoms with Gasteiger partial charge in [-0.05, 0) is 48.8 Å². The molecule has 0 spiro atoms. The summed E-state index contributed by atoms with van der Waals surface area (Å²) in [6.45, 7) is 3.78. The summed E-state index contributed by atoms with van der Waals surface area (Å²) in [4.78, 5) is 26.4. The Kier molecular flexibility index (Phi) is 5.77. The molecule has 0 unspecified atom stereocenters. The third-order valence-electron chi connectivity index (χ3n) is 4.26. The normalized spacial score (nSPS) is 15.2. The molecule has 0 radical (unpaired) electrons. The maximum atomic E-state index is 13.0. The van der Waals surface area contributed by atoms with Crippen molar-refractivity contribution in [3.63, 3.8) is 0 Å². The van der Waals surface area contributed by atoms with Gasteiger partial charge in [-0.3, -0.25) is 14.5 Å². The van der Waals surface area contributed by atoms with Gasteiger partial charge in [0.25, 0.3) is 5.91 Å². The van der Waals surface area contributed by atoms with Crippen molar-refractivity contribution in [2.45, 2.75) is 13.8 Å². The van der Waals surface area contributed by atoms with Crippen LogP contribution in [-0.2, 0) is 14.3 Å². The number of aryl methyl sites for hydroxylation is 1. The summed E-state index contributed by atoms with van der Waals surface area (Å²) in [5, 5.41) is 0.609. The van der Waals surface area contributed by atoms with Crippen molar-refractivity contribution in [2.75, 3.05) is 13.2 Å². The molecule has 0 saturated heterocycles. The molecule has 2 aromatic rings. The van der Waals surface area contributed by atoms with Crippen molar-refractivity contribution in [2.24, 2.45) is 0 Å². The molecule has 1 heterocycles. The first-order valence-electron chi connectivity index (χ1n) is 8.72. The maximum Gasteiger partial charge on any atom is 0.326 e. The lowest BCUT2D eigenvalue weighted by Gasteiger charge is -2.20. The lowest BCUT2D eigenvalue weighted by atomic mass is 10.1. The van der Waals surface area contributed by atoms with E-state index in [-0.39, 0.29) is 19.1 Å². The number of ether oxygens (including phenoxy) is 1. The summed E-state index contributed by atoms with van der Waals surface area (Å²) in [6, 6.07) is 15.2. The molecular formula is C22H20ClNO3. The van der Waals surface area contributed by atoms with Gasteiger partial charge in [-0.2, -0.15) is 0 Å². The zero-order chi connectivity index (χ0) is 19.4. The molecule has 1 aliphatic heterocycles. The van der Waals surface area contributed by atoms with Gasteiger partial charge in [0.15, 0.2) is 0 Å². The SMILES string of the molecule is CCOC(=O)CN1C(=O)/C(=C/c2ccccc2)C=C1c1ccc(C)c(Cl)c1. The van der Waals surface area contributed by atoms with Crippen molar-refractivity contribution >= 4 is 35.3 Å². The smallest absolute Gasteiger partial charge is 0.326 e. The van der Waals surface area contributed by atoms with Crippen LogP contribution in [0.4, 0.5) is 0 Å². The van der Waals surface area contributed by atoms with Crippen LogP contribution < -0.4 is 0 Å². The van der Waals surface area contributed by atoms with Crippen LogP contribution in [0.2, 0.25) is 5.02 Å². The molecule has 0 aliphatic carbocycles. The minimum absolute atomic E-state index is 0.143. The van der Waals surface area contributed by atoms with E-state index in [4.69, 9.17) is 16.3 Å². The number of hydrogen-bond donors (Lipinski definition) is 0. The van der Waals surface area contributed by atoms with E-state index >= 15 is 0 Å².